The van der Waals surface area contributed by atoms with Gasteiger partial charge in [0.15, 0.2) is 0 Å². The van der Waals surface area contributed by atoms with Crippen LogP contribution in [0.1, 0.15) is 72.1 Å². The van der Waals surface area contributed by atoms with E-state index >= 15 is 0 Å². The van der Waals surface area contributed by atoms with Gasteiger partial charge in [0.1, 0.15) is 40.1 Å². The quantitative estimate of drug-likeness (QED) is 0.125. The highest BCUT2D eigenvalue weighted by molar-refractivity contribution is 7.95. The van der Waals surface area contributed by atoms with Crippen molar-refractivity contribution in [1.29, 1.82) is 0 Å². The molecule has 0 amide bonds. The third-order valence-corrected chi connectivity index (χ3v) is 9.61. The van der Waals surface area contributed by atoms with Crippen molar-refractivity contribution in [2.24, 2.45) is 0 Å². The van der Waals surface area contributed by atoms with Crippen LogP contribution in [0.4, 0.5) is 0 Å². The van der Waals surface area contributed by atoms with Crippen molar-refractivity contribution < 1.29 is 18.4 Å². The number of ether oxygens (including phenoxy) is 3. The Kier molecular flexibility index (Phi) is 10.7. The van der Waals surface area contributed by atoms with Crippen molar-refractivity contribution in [2.45, 2.75) is 76.7 Å². The normalized spacial score (nSPS) is 11.9. The van der Waals surface area contributed by atoms with Crippen LogP contribution in [0.3, 0.4) is 0 Å². The molecule has 4 nitrogen and oxygen atoms in total. The lowest BCUT2D eigenvalue weighted by atomic mass is 9.76. The average Bonchev–Trinajstić information content (AvgIpc) is 3.12. The minimum Gasteiger partial charge on any atom is -0.488 e. The topological polar surface area (TPSA) is 36.9 Å². The molecule has 6 rings (SSSR count). The zero-order chi connectivity index (χ0) is 36.9. The predicted octanol–water partition coefficient (Wildman–Crippen LogP) is 13.8. The highest BCUT2D eigenvalue weighted by Crippen LogP contribution is 2.35. The molecule has 0 unspecified atom stereocenters. The molecule has 0 heterocycles. The van der Waals surface area contributed by atoms with Crippen molar-refractivity contribution in [3.05, 3.63) is 162 Å². The Morgan fingerprint density at radius 1 is 0.365 bits per heavy atom. The Morgan fingerprint density at radius 3 is 1.13 bits per heavy atom. The van der Waals surface area contributed by atoms with E-state index < -0.39 is 0 Å². The molecule has 0 bridgehead atoms. The van der Waals surface area contributed by atoms with Crippen LogP contribution >= 0.6 is 12.0 Å². The molecule has 0 spiro atoms. The standard InChI is InChI=1S/C47H48O4S/c1-45(2,3)35-15-17-37(18-16-35)47(7,8)36-13-9-33(10-14-36)34-11-19-43(20-12-34)51-52-44-31-29-41(30-32-44)49-39-23-21-38(22-24-39)48-40-25-27-42(28-26-40)50-46(4,5)6/h9-32H,1-8H3. The molecule has 266 valence electrons. The maximum atomic E-state index is 6.06. The summed E-state index contributed by atoms with van der Waals surface area (Å²) < 4.78 is 24.0. The molecule has 52 heavy (non-hydrogen) atoms. The average molecular weight is 709 g/mol. The van der Waals surface area contributed by atoms with Gasteiger partial charge >= 0.3 is 0 Å². The second kappa shape index (κ2) is 15.2. The first kappa shape index (κ1) is 36.7. The van der Waals surface area contributed by atoms with Gasteiger partial charge in [0.2, 0.25) is 0 Å². The van der Waals surface area contributed by atoms with E-state index in [1.54, 1.807) is 0 Å². The van der Waals surface area contributed by atoms with E-state index in [0.29, 0.717) is 0 Å². The van der Waals surface area contributed by atoms with Gasteiger partial charge in [-0.2, -0.15) is 0 Å². The Morgan fingerprint density at radius 2 is 0.712 bits per heavy atom. The monoisotopic (exact) mass is 708 g/mol. The maximum Gasteiger partial charge on any atom is 0.137 e. The van der Waals surface area contributed by atoms with Gasteiger partial charge in [-0.3, -0.25) is 0 Å². The van der Waals surface area contributed by atoms with Crippen LogP contribution in [0.15, 0.2) is 150 Å². The minimum atomic E-state index is -0.243. The summed E-state index contributed by atoms with van der Waals surface area (Å²) >= 11 is 1.32. The summed E-state index contributed by atoms with van der Waals surface area (Å²) in [5.41, 5.74) is 6.10. The molecule has 0 fully saturated rings. The van der Waals surface area contributed by atoms with Gasteiger partial charge in [-0.15, -0.1) is 0 Å². The van der Waals surface area contributed by atoms with Gasteiger partial charge in [0.05, 0.1) is 12.0 Å². The highest BCUT2D eigenvalue weighted by atomic mass is 32.2. The summed E-state index contributed by atoms with van der Waals surface area (Å²) in [6.07, 6.45) is 0. The van der Waals surface area contributed by atoms with Gasteiger partial charge in [0, 0.05) is 10.3 Å². The Hall–Kier alpha value is -5.13. The van der Waals surface area contributed by atoms with Crippen molar-refractivity contribution in [2.75, 3.05) is 0 Å². The zero-order valence-electron chi connectivity index (χ0n) is 31.4. The maximum absolute atomic E-state index is 6.06. The smallest absolute Gasteiger partial charge is 0.137 e. The van der Waals surface area contributed by atoms with Crippen LogP contribution in [-0.2, 0) is 10.8 Å². The Labute approximate surface area is 314 Å². The predicted molar refractivity (Wildman–Crippen MR) is 215 cm³/mol. The van der Waals surface area contributed by atoms with Crippen molar-refractivity contribution in [3.8, 4) is 45.6 Å². The third kappa shape index (κ3) is 9.59. The van der Waals surface area contributed by atoms with Crippen LogP contribution in [0, 0.1) is 0 Å². The fraction of sp³-hybridized carbons (Fsp3) is 0.234. The Bertz CT molecular complexity index is 2030. The largest absolute Gasteiger partial charge is 0.488 e. The summed E-state index contributed by atoms with van der Waals surface area (Å²) in [4.78, 5) is 0.977. The molecule has 0 N–H and O–H groups in total. The lowest BCUT2D eigenvalue weighted by molar-refractivity contribution is 0.131. The van der Waals surface area contributed by atoms with E-state index in [4.69, 9.17) is 18.4 Å². The van der Waals surface area contributed by atoms with Crippen LogP contribution in [-0.4, -0.2) is 5.60 Å². The molecule has 0 aromatic heterocycles. The number of hydrogen-bond donors (Lipinski definition) is 0. The lowest BCUT2D eigenvalue weighted by Crippen LogP contribution is -2.22. The minimum absolute atomic E-state index is 0.0911. The molecule has 0 aliphatic carbocycles. The molecule has 0 saturated carbocycles. The molecule has 0 aliphatic rings. The fourth-order valence-electron chi connectivity index (χ4n) is 5.77. The lowest BCUT2D eigenvalue weighted by Gasteiger charge is -2.28. The van der Waals surface area contributed by atoms with Crippen molar-refractivity contribution >= 4 is 12.0 Å². The van der Waals surface area contributed by atoms with E-state index in [-0.39, 0.29) is 16.4 Å². The van der Waals surface area contributed by atoms with Gasteiger partial charge in [-0.25, -0.2) is 0 Å². The van der Waals surface area contributed by atoms with E-state index in [9.17, 15) is 0 Å². The number of rotatable bonds is 11. The molecule has 5 heteroatoms. The van der Waals surface area contributed by atoms with Crippen LogP contribution in [0.5, 0.6) is 34.5 Å². The first-order valence-corrected chi connectivity index (χ1v) is 18.5. The van der Waals surface area contributed by atoms with E-state index in [0.717, 1.165) is 45.0 Å². The molecule has 6 aromatic carbocycles. The Balaban J connectivity index is 0.983. The first-order chi connectivity index (χ1) is 24.7. The highest BCUT2D eigenvalue weighted by Gasteiger charge is 2.24. The molecule has 0 aliphatic heterocycles. The summed E-state index contributed by atoms with van der Waals surface area (Å²) in [5.74, 6) is 4.53. The van der Waals surface area contributed by atoms with E-state index in [2.05, 4.69) is 95.3 Å². The first-order valence-electron chi connectivity index (χ1n) is 17.7. The second-order valence-electron chi connectivity index (χ2n) is 15.6. The van der Waals surface area contributed by atoms with Gasteiger partial charge in [-0.05, 0) is 139 Å². The molecule has 0 radical (unpaired) electrons. The SMILES string of the molecule is CC(C)(C)Oc1ccc(Oc2ccc(Oc3ccc(SOc4ccc(-c5ccc(C(C)(C)c6ccc(C(C)(C)C)cc6)cc5)cc4)cc3)cc2)cc1. The van der Waals surface area contributed by atoms with Crippen molar-refractivity contribution in [1.82, 2.24) is 0 Å². The molecule has 0 atom stereocenters. The molecule has 6 aromatic rings. The van der Waals surface area contributed by atoms with Gasteiger partial charge in [0.25, 0.3) is 0 Å². The van der Waals surface area contributed by atoms with E-state index in [1.807, 2.05) is 106 Å². The van der Waals surface area contributed by atoms with Crippen LogP contribution in [0.2, 0.25) is 0 Å². The summed E-state index contributed by atoms with van der Waals surface area (Å²) in [5, 5.41) is 0. The zero-order valence-corrected chi connectivity index (χ0v) is 32.2. The van der Waals surface area contributed by atoms with Crippen LogP contribution in [0.25, 0.3) is 11.1 Å². The molecular formula is C47H48O4S. The van der Waals surface area contributed by atoms with Gasteiger partial charge < -0.3 is 18.4 Å². The molecule has 0 saturated heterocycles. The third-order valence-electron chi connectivity index (χ3n) is 8.87. The van der Waals surface area contributed by atoms with Gasteiger partial charge in [-0.1, -0.05) is 95.3 Å². The van der Waals surface area contributed by atoms with E-state index in [1.165, 1.54) is 34.3 Å². The van der Waals surface area contributed by atoms with Crippen molar-refractivity contribution in [3.63, 3.8) is 0 Å². The summed E-state index contributed by atoms with van der Waals surface area (Å²) in [6.45, 7) is 17.4. The number of benzene rings is 6. The number of hydrogen-bond acceptors (Lipinski definition) is 5. The van der Waals surface area contributed by atoms with Crippen LogP contribution < -0.4 is 18.4 Å². The fourth-order valence-corrected chi connectivity index (χ4v) is 6.32. The second-order valence-corrected chi connectivity index (χ2v) is 16.4. The summed E-state index contributed by atoms with van der Waals surface area (Å²) in [7, 11) is 0. The summed E-state index contributed by atoms with van der Waals surface area (Å²) in [6, 6.07) is 49.3. The molecular weight excluding hydrogens is 661 g/mol.